The Morgan fingerprint density at radius 3 is 1.87 bits per heavy atom. The van der Waals surface area contributed by atoms with Crippen LogP contribution in [0.1, 0.15) is 27.0 Å². The SMILES string of the molecule is Cc1cc(C)cc(-c2ccc(N3CCN(C)CC3)c(C(=O)C=Cc3ccccc3N3CCN(C)CC3)c2)c1. The fourth-order valence-corrected chi connectivity index (χ4v) is 5.60. The quantitative estimate of drug-likeness (QED) is 0.330. The number of allylic oxidation sites excluding steroid dienone is 1. The number of carbonyl (C=O) groups excluding carboxylic acids is 1. The second kappa shape index (κ2) is 11.5. The van der Waals surface area contributed by atoms with Crippen molar-refractivity contribution < 1.29 is 4.79 Å². The summed E-state index contributed by atoms with van der Waals surface area (Å²) < 4.78 is 0. The molecule has 5 nitrogen and oxygen atoms in total. The van der Waals surface area contributed by atoms with E-state index in [-0.39, 0.29) is 5.78 Å². The molecule has 0 amide bonds. The Morgan fingerprint density at radius 1 is 0.658 bits per heavy atom. The molecule has 0 radical (unpaired) electrons. The Hall–Kier alpha value is -3.41. The third-order valence-corrected chi connectivity index (χ3v) is 7.86. The Bertz CT molecular complexity index is 1290. The molecule has 0 atom stereocenters. The summed E-state index contributed by atoms with van der Waals surface area (Å²) in [5.41, 5.74) is 8.82. The molecule has 3 aromatic rings. The molecule has 5 rings (SSSR count). The highest BCUT2D eigenvalue weighted by atomic mass is 16.1. The van der Waals surface area contributed by atoms with E-state index in [1.165, 1.54) is 16.8 Å². The van der Waals surface area contributed by atoms with Crippen molar-refractivity contribution in [1.29, 1.82) is 0 Å². The normalized spacial score (nSPS) is 17.4. The second-order valence-corrected chi connectivity index (χ2v) is 10.9. The van der Waals surface area contributed by atoms with Crippen molar-refractivity contribution in [3.63, 3.8) is 0 Å². The van der Waals surface area contributed by atoms with E-state index in [4.69, 9.17) is 0 Å². The van der Waals surface area contributed by atoms with Crippen molar-refractivity contribution in [1.82, 2.24) is 9.80 Å². The van der Waals surface area contributed by atoms with Gasteiger partial charge in [0.2, 0.25) is 0 Å². The number of piperazine rings is 2. The highest BCUT2D eigenvalue weighted by Gasteiger charge is 2.21. The van der Waals surface area contributed by atoms with Gasteiger partial charge in [-0.15, -0.1) is 0 Å². The van der Waals surface area contributed by atoms with Crippen LogP contribution < -0.4 is 9.80 Å². The molecule has 0 spiro atoms. The molecule has 0 saturated carbocycles. The standard InChI is InChI=1S/C33H40N4O/c1-25-21-26(2)23-29(22-25)28-9-11-32(37-19-15-35(4)16-20-37)30(24-28)33(38)12-10-27-7-5-6-8-31(27)36-17-13-34(3)14-18-36/h5-12,21-24H,13-20H2,1-4H3. The number of aryl methyl sites for hydroxylation is 2. The van der Waals surface area contributed by atoms with Crippen LogP contribution >= 0.6 is 0 Å². The van der Waals surface area contributed by atoms with Gasteiger partial charge in [-0.1, -0.05) is 53.6 Å². The lowest BCUT2D eigenvalue weighted by atomic mass is 9.96. The Balaban J connectivity index is 1.48. The minimum Gasteiger partial charge on any atom is -0.368 e. The van der Waals surface area contributed by atoms with Crippen LogP contribution in [0.15, 0.2) is 66.7 Å². The van der Waals surface area contributed by atoms with Gasteiger partial charge in [-0.2, -0.15) is 0 Å². The summed E-state index contributed by atoms with van der Waals surface area (Å²) in [6.07, 6.45) is 3.78. The van der Waals surface area contributed by atoms with E-state index in [1.54, 1.807) is 6.08 Å². The smallest absolute Gasteiger partial charge is 0.187 e. The van der Waals surface area contributed by atoms with Crippen molar-refractivity contribution >= 4 is 23.2 Å². The largest absolute Gasteiger partial charge is 0.368 e. The van der Waals surface area contributed by atoms with E-state index in [2.05, 4.69) is 108 Å². The summed E-state index contributed by atoms with van der Waals surface area (Å²) in [5.74, 6) is 0.0540. The maximum absolute atomic E-state index is 13.8. The van der Waals surface area contributed by atoms with Crippen LogP contribution in [-0.4, -0.2) is 82.0 Å². The maximum Gasteiger partial charge on any atom is 0.187 e. The van der Waals surface area contributed by atoms with Gasteiger partial charge in [0, 0.05) is 69.3 Å². The molecule has 0 unspecified atom stereocenters. The lowest BCUT2D eigenvalue weighted by Crippen LogP contribution is -2.45. The lowest BCUT2D eigenvalue weighted by molar-refractivity contribution is 0.104. The van der Waals surface area contributed by atoms with E-state index >= 15 is 0 Å². The molecule has 0 aromatic heterocycles. The monoisotopic (exact) mass is 508 g/mol. The van der Waals surface area contributed by atoms with Gasteiger partial charge in [-0.05, 0) is 75.0 Å². The molecule has 0 N–H and O–H groups in total. The zero-order valence-electron chi connectivity index (χ0n) is 23.3. The van der Waals surface area contributed by atoms with Crippen LogP contribution in [0.4, 0.5) is 11.4 Å². The van der Waals surface area contributed by atoms with E-state index in [0.717, 1.165) is 80.3 Å². The fraction of sp³-hybridized carbons (Fsp3) is 0.364. The number of para-hydroxylation sites is 1. The average molecular weight is 509 g/mol. The van der Waals surface area contributed by atoms with Gasteiger partial charge in [0.1, 0.15) is 0 Å². The van der Waals surface area contributed by atoms with Crippen LogP contribution in [-0.2, 0) is 0 Å². The molecule has 3 aromatic carbocycles. The third kappa shape index (κ3) is 6.01. The second-order valence-electron chi connectivity index (χ2n) is 10.9. The van der Waals surface area contributed by atoms with Gasteiger partial charge < -0.3 is 19.6 Å². The number of likely N-dealkylation sites (N-methyl/N-ethyl adjacent to an activating group) is 2. The van der Waals surface area contributed by atoms with Crippen LogP contribution in [0.3, 0.4) is 0 Å². The van der Waals surface area contributed by atoms with Gasteiger partial charge in [0.05, 0.1) is 0 Å². The summed E-state index contributed by atoms with van der Waals surface area (Å²) in [4.78, 5) is 23.4. The topological polar surface area (TPSA) is 30.0 Å². The Morgan fingerprint density at radius 2 is 1.24 bits per heavy atom. The number of hydrogen-bond donors (Lipinski definition) is 0. The lowest BCUT2D eigenvalue weighted by Gasteiger charge is -2.35. The first-order valence-corrected chi connectivity index (χ1v) is 13.8. The van der Waals surface area contributed by atoms with E-state index < -0.39 is 0 Å². The number of ketones is 1. The number of rotatable bonds is 6. The third-order valence-electron chi connectivity index (χ3n) is 7.86. The Labute approximate surface area is 228 Å². The van der Waals surface area contributed by atoms with Gasteiger partial charge in [-0.3, -0.25) is 4.79 Å². The van der Waals surface area contributed by atoms with E-state index in [0.29, 0.717) is 0 Å². The first-order valence-electron chi connectivity index (χ1n) is 13.8. The summed E-state index contributed by atoms with van der Waals surface area (Å²) >= 11 is 0. The van der Waals surface area contributed by atoms with Crippen molar-refractivity contribution in [2.75, 3.05) is 76.3 Å². The van der Waals surface area contributed by atoms with Crippen LogP contribution in [0.5, 0.6) is 0 Å². The van der Waals surface area contributed by atoms with Gasteiger partial charge in [0.15, 0.2) is 5.78 Å². The fourth-order valence-electron chi connectivity index (χ4n) is 5.60. The Kier molecular flexibility index (Phi) is 7.96. The molecule has 198 valence electrons. The summed E-state index contributed by atoms with van der Waals surface area (Å²) in [6.45, 7) is 12.2. The minimum absolute atomic E-state index is 0.0540. The zero-order chi connectivity index (χ0) is 26.6. The molecular formula is C33H40N4O. The molecule has 2 heterocycles. The van der Waals surface area contributed by atoms with Gasteiger partial charge in [0.25, 0.3) is 0 Å². The first kappa shape index (κ1) is 26.2. The van der Waals surface area contributed by atoms with Gasteiger partial charge in [-0.25, -0.2) is 0 Å². The molecule has 2 saturated heterocycles. The van der Waals surface area contributed by atoms with Crippen molar-refractivity contribution in [3.05, 3.63) is 89.0 Å². The minimum atomic E-state index is 0.0540. The predicted octanol–water partition coefficient (Wildman–Crippen LogP) is 5.37. The zero-order valence-corrected chi connectivity index (χ0v) is 23.3. The number of hydrogen-bond acceptors (Lipinski definition) is 5. The molecular weight excluding hydrogens is 468 g/mol. The highest BCUT2D eigenvalue weighted by molar-refractivity contribution is 6.11. The first-order chi connectivity index (χ1) is 18.4. The van der Waals surface area contributed by atoms with Crippen LogP contribution in [0, 0.1) is 13.8 Å². The molecule has 2 aliphatic rings. The van der Waals surface area contributed by atoms with E-state index in [9.17, 15) is 4.79 Å². The highest BCUT2D eigenvalue weighted by Crippen LogP contribution is 2.31. The summed E-state index contributed by atoms with van der Waals surface area (Å²) in [6, 6.07) is 21.4. The molecule has 38 heavy (non-hydrogen) atoms. The number of carbonyl (C=O) groups is 1. The predicted molar refractivity (Wildman–Crippen MR) is 161 cm³/mol. The molecule has 2 aliphatic heterocycles. The van der Waals surface area contributed by atoms with E-state index in [1.807, 2.05) is 6.08 Å². The van der Waals surface area contributed by atoms with Crippen molar-refractivity contribution in [3.8, 4) is 11.1 Å². The number of nitrogens with zero attached hydrogens (tertiary/aromatic N) is 4. The van der Waals surface area contributed by atoms with Crippen molar-refractivity contribution in [2.24, 2.45) is 0 Å². The number of anilines is 2. The maximum atomic E-state index is 13.8. The molecule has 0 bridgehead atoms. The summed E-state index contributed by atoms with van der Waals surface area (Å²) in [7, 11) is 4.33. The van der Waals surface area contributed by atoms with Crippen LogP contribution in [0.25, 0.3) is 17.2 Å². The van der Waals surface area contributed by atoms with Crippen LogP contribution in [0.2, 0.25) is 0 Å². The molecule has 2 fully saturated rings. The number of benzene rings is 3. The summed E-state index contributed by atoms with van der Waals surface area (Å²) in [5, 5.41) is 0. The molecule has 0 aliphatic carbocycles. The average Bonchev–Trinajstić information content (AvgIpc) is 2.92. The molecule has 5 heteroatoms. The van der Waals surface area contributed by atoms with Crippen molar-refractivity contribution in [2.45, 2.75) is 13.8 Å². The van der Waals surface area contributed by atoms with Gasteiger partial charge >= 0.3 is 0 Å².